The Hall–Kier alpha value is -1.74. The molecule has 166 valence electrons. The zero-order chi connectivity index (χ0) is 22.4. The van der Waals surface area contributed by atoms with Gasteiger partial charge in [-0.1, -0.05) is 48.2 Å². The molecular formula is C22H30O6S2. The Bertz CT molecular complexity index is 925. The van der Waals surface area contributed by atoms with E-state index in [2.05, 4.69) is 0 Å². The van der Waals surface area contributed by atoms with Gasteiger partial charge in [0.15, 0.2) is 0 Å². The average molecular weight is 455 g/mol. The van der Waals surface area contributed by atoms with Crippen molar-refractivity contribution in [1.82, 2.24) is 0 Å². The minimum atomic E-state index is -3.79. The summed E-state index contributed by atoms with van der Waals surface area (Å²) >= 11 is 0. The lowest BCUT2D eigenvalue weighted by atomic mass is 10.1. The fraction of sp³-hybridized carbons (Fsp3) is 0.455. The van der Waals surface area contributed by atoms with Gasteiger partial charge in [-0.05, 0) is 64.8 Å². The highest BCUT2D eigenvalue weighted by atomic mass is 32.2. The molecule has 2 unspecified atom stereocenters. The summed E-state index contributed by atoms with van der Waals surface area (Å²) in [4.78, 5) is 0.284. The maximum atomic E-state index is 12.3. The Morgan fingerprint density at radius 1 is 0.633 bits per heavy atom. The van der Waals surface area contributed by atoms with Gasteiger partial charge >= 0.3 is 0 Å². The molecular weight excluding hydrogens is 424 g/mol. The first-order valence-corrected chi connectivity index (χ1v) is 12.8. The van der Waals surface area contributed by atoms with E-state index in [0.29, 0.717) is 25.7 Å². The summed E-state index contributed by atoms with van der Waals surface area (Å²) < 4.78 is 59.7. The molecule has 0 N–H and O–H groups in total. The predicted octanol–water partition coefficient (Wildman–Crippen LogP) is 4.75. The van der Waals surface area contributed by atoms with E-state index >= 15 is 0 Å². The monoisotopic (exact) mass is 454 g/mol. The molecule has 0 saturated heterocycles. The standard InChI is InChI=1S/C22H30O6S2/c1-17-9-13-21(14-10-17)29(23,24)27-19(3)7-5-6-8-20(4)28-30(25,26)22-15-11-18(2)12-16-22/h9-16,19-20H,5-8H2,1-4H3. The van der Waals surface area contributed by atoms with Crippen LogP contribution in [0.25, 0.3) is 0 Å². The van der Waals surface area contributed by atoms with Crippen LogP contribution in [0.2, 0.25) is 0 Å². The van der Waals surface area contributed by atoms with Crippen molar-refractivity contribution >= 4 is 20.2 Å². The van der Waals surface area contributed by atoms with Crippen LogP contribution in [0.3, 0.4) is 0 Å². The average Bonchev–Trinajstić information content (AvgIpc) is 2.65. The SMILES string of the molecule is Cc1ccc(S(=O)(=O)OC(C)CCCCC(C)OS(=O)(=O)c2ccc(C)cc2)cc1. The summed E-state index contributed by atoms with van der Waals surface area (Å²) in [6.45, 7) is 7.20. The molecule has 8 heteroatoms. The number of benzene rings is 2. The van der Waals surface area contributed by atoms with Crippen molar-refractivity contribution in [2.75, 3.05) is 0 Å². The molecule has 0 radical (unpaired) electrons. The predicted molar refractivity (Wildman–Crippen MR) is 116 cm³/mol. The molecule has 0 aliphatic heterocycles. The molecule has 2 atom stereocenters. The molecule has 0 aliphatic carbocycles. The lowest BCUT2D eigenvalue weighted by molar-refractivity contribution is 0.196. The van der Waals surface area contributed by atoms with E-state index in [0.717, 1.165) is 11.1 Å². The normalized spacial score (nSPS) is 14.4. The second kappa shape index (κ2) is 10.5. The first-order valence-electron chi connectivity index (χ1n) is 9.99. The van der Waals surface area contributed by atoms with Crippen LogP contribution in [0.4, 0.5) is 0 Å². The van der Waals surface area contributed by atoms with Gasteiger partial charge in [0, 0.05) is 0 Å². The molecule has 0 aliphatic rings. The maximum absolute atomic E-state index is 12.3. The molecule has 0 bridgehead atoms. The summed E-state index contributed by atoms with van der Waals surface area (Å²) in [5, 5.41) is 0. The molecule has 0 fully saturated rings. The second-order valence-corrected chi connectivity index (χ2v) is 10.8. The molecule has 0 heterocycles. The number of aryl methyl sites for hydroxylation is 2. The zero-order valence-electron chi connectivity index (χ0n) is 17.9. The molecule has 0 amide bonds. The third-order valence-electron chi connectivity index (χ3n) is 4.67. The van der Waals surface area contributed by atoms with Crippen LogP contribution in [-0.4, -0.2) is 29.0 Å². The van der Waals surface area contributed by atoms with Gasteiger partial charge in [0.1, 0.15) is 0 Å². The minimum Gasteiger partial charge on any atom is -0.263 e. The van der Waals surface area contributed by atoms with Gasteiger partial charge in [0.05, 0.1) is 22.0 Å². The van der Waals surface area contributed by atoms with Gasteiger partial charge < -0.3 is 0 Å². The van der Waals surface area contributed by atoms with E-state index in [1.165, 1.54) is 24.3 Å². The number of hydrogen-bond acceptors (Lipinski definition) is 6. The van der Waals surface area contributed by atoms with Crippen LogP contribution < -0.4 is 0 Å². The topological polar surface area (TPSA) is 86.7 Å². The van der Waals surface area contributed by atoms with Crippen LogP contribution in [0.15, 0.2) is 58.3 Å². The van der Waals surface area contributed by atoms with Crippen molar-refractivity contribution in [3.05, 3.63) is 59.7 Å². The summed E-state index contributed by atoms with van der Waals surface area (Å²) in [6, 6.07) is 13.0. The number of hydrogen-bond donors (Lipinski definition) is 0. The number of rotatable bonds is 11. The van der Waals surface area contributed by atoms with E-state index in [4.69, 9.17) is 8.37 Å². The summed E-state index contributed by atoms with van der Waals surface area (Å²) in [5.74, 6) is 0. The van der Waals surface area contributed by atoms with Gasteiger partial charge in [0.25, 0.3) is 20.2 Å². The molecule has 6 nitrogen and oxygen atoms in total. The summed E-state index contributed by atoms with van der Waals surface area (Å²) in [6.07, 6.45) is 1.55. The fourth-order valence-electron chi connectivity index (χ4n) is 2.91. The highest BCUT2D eigenvalue weighted by Crippen LogP contribution is 2.20. The Kier molecular flexibility index (Phi) is 8.61. The third-order valence-corrected chi connectivity index (χ3v) is 7.54. The van der Waals surface area contributed by atoms with Crippen molar-refractivity contribution in [3.8, 4) is 0 Å². The Morgan fingerprint density at radius 3 is 1.23 bits per heavy atom. The Balaban J connectivity index is 1.76. The molecule has 2 rings (SSSR count). The quantitative estimate of drug-likeness (QED) is 0.360. The smallest absolute Gasteiger partial charge is 0.263 e. The molecule has 0 saturated carbocycles. The number of unbranched alkanes of at least 4 members (excludes halogenated alkanes) is 1. The van der Waals surface area contributed by atoms with E-state index in [-0.39, 0.29) is 9.79 Å². The lowest BCUT2D eigenvalue weighted by Gasteiger charge is -2.15. The Morgan fingerprint density at radius 2 is 0.933 bits per heavy atom. The van der Waals surface area contributed by atoms with E-state index in [1.807, 2.05) is 13.8 Å². The summed E-state index contributed by atoms with van der Waals surface area (Å²) in [7, 11) is -7.58. The van der Waals surface area contributed by atoms with Crippen molar-refractivity contribution in [2.24, 2.45) is 0 Å². The Labute approximate surface area is 180 Å². The van der Waals surface area contributed by atoms with Gasteiger partial charge in [0.2, 0.25) is 0 Å². The molecule has 0 spiro atoms. The fourth-order valence-corrected chi connectivity index (χ4v) is 5.13. The van der Waals surface area contributed by atoms with Crippen LogP contribution in [0.5, 0.6) is 0 Å². The summed E-state index contributed by atoms with van der Waals surface area (Å²) in [5.41, 5.74) is 1.95. The van der Waals surface area contributed by atoms with Crippen LogP contribution >= 0.6 is 0 Å². The van der Waals surface area contributed by atoms with E-state index in [1.54, 1.807) is 38.1 Å². The highest BCUT2D eigenvalue weighted by Gasteiger charge is 2.20. The lowest BCUT2D eigenvalue weighted by Crippen LogP contribution is -2.17. The van der Waals surface area contributed by atoms with Crippen molar-refractivity contribution < 1.29 is 25.2 Å². The van der Waals surface area contributed by atoms with Crippen LogP contribution in [0, 0.1) is 13.8 Å². The highest BCUT2D eigenvalue weighted by molar-refractivity contribution is 7.87. The maximum Gasteiger partial charge on any atom is 0.297 e. The molecule has 2 aromatic carbocycles. The zero-order valence-corrected chi connectivity index (χ0v) is 19.5. The van der Waals surface area contributed by atoms with Crippen LogP contribution in [-0.2, 0) is 28.6 Å². The first-order chi connectivity index (χ1) is 14.0. The first kappa shape index (κ1) is 24.5. The van der Waals surface area contributed by atoms with Crippen molar-refractivity contribution in [3.63, 3.8) is 0 Å². The van der Waals surface area contributed by atoms with Gasteiger partial charge in [-0.15, -0.1) is 0 Å². The molecule has 2 aromatic rings. The van der Waals surface area contributed by atoms with Gasteiger partial charge in [-0.3, -0.25) is 8.37 Å². The van der Waals surface area contributed by atoms with E-state index in [9.17, 15) is 16.8 Å². The van der Waals surface area contributed by atoms with Gasteiger partial charge in [-0.2, -0.15) is 16.8 Å². The van der Waals surface area contributed by atoms with Crippen molar-refractivity contribution in [2.45, 2.75) is 75.4 Å². The van der Waals surface area contributed by atoms with E-state index < -0.39 is 32.4 Å². The minimum absolute atomic E-state index is 0.142. The molecule has 30 heavy (non-hydrogen) atoms. The second-order valence-electron chi connectivity index (χ2n) is 7.63. The largest absolute Gasteiger partial charge is 0.297 e. The van der Waals surface area contributed by atoms with Gasteiger partial charge in [-0.25, -0.2) is 0 Å². The molecule has 0 aromatic heterocycles. The van der Waals surface area contributed by atoms with Crippen molar-refractivity contribution in [1.29, 1.82) is 0 Å². The third kappa shape index (κ3) is 7.50. The van der Waals surface area contributed by atoms with Crippen LogP contribution in [0.1, 0.15) is 50.7 Å².